The molecule has 5 nitrogen and oxygen atoms in total. The first-order valence-corrected chi connectivity index (χ1v) is 9.92. The van der Waals surface area contributed by atoms with Gasteiger partial charge in [-0.25, -0.2) is 16.8 Å². The van der Waals surface area contributed by atoms with Gasteiger partial charge in [-0.05, 0) is 48.5 Å². The number of rotatable bonds is 4. The lowest BCUT2D eigenvalue weighted by atomic mass is 10.4. The molecule has 9 heteroatoms. The summed E-state index contributed by atoms with van der Waals surface area (Å²) in [6, 6.07) is 10.4. The molecule has 2 aromatic carbocycles. The number of hydrogen-bond acceptors (Lipinski definition) is 4. The van der Waals surface area contributed by atoms with Crippen LogP contribution in [0.2, 0.25) is 10.0 Å². The number of sulfone groups is 2. The van der Waals surface area contributed by atoms with E-state index in [0.717, 1.165) is 6.20 Å². The lowest BCUT2D eigenvalue weighted by Crippen LogP contribution is -2.42. The van der Waals surface area contributed by atoms with Gasteiger partial charge in [0, 0.05) is 10.0 Å². The Kier molecular flexibility index (Phi) is 5.17. The summed E-state index contributed by atoms with van der Waals surface area (Å²) in [6.45, 7) is 0. The van der Waals surface area contributed by atoms with E-state index in [1.807, 2.05) is 0 Å². The minimum atomic E-state index is -4.26. The maximum absolute atomic E-state index is 12.6. The van der Waals surface area contributed by atoms with Crippen molar-refractivity contribution in [3.63, 3.8) is 0 Å². The quantitative estimate of drug-likeness (QED) is 0.862. The minimum Gasteiger partial charge on any atom is -0.330 e. The second-order valence-electron chi connectivity index (χ2n) is 4.44. The zero-order chi connectivity index (χ0) is 17.3. The molecule has 0 heterocycles. The summed E-state index contributed by atoms with van der Waals surface area (Å²) in [6.07, 6.45) is 0.813. The molecule has 2 rings (SSSR count). The zero-order valence-electron chi connectivity index (χ0n) is 11.6. The number of hydrogen-bond donors (Lipinski definition) is 1. The summed E-state index contributed by atoms with van der Waals surface area (Å²) in [5, 5.41) is 0.675. The van der Waals surface area contributed by atoms with E-state index < -0.39 is 23.9 Å². The molecular weight excluding hydrogens is 381 g/mol. The van der Waals surface area contributed by atoms with Gasteiger partial charge in [0.05, 0.1) is 9.79 Å². The number of quaternary nitrogens is 1. The monoisotopic (exact) mass is 392 g/mol. The average Bonchev–Trinajstić information content (AvgIpc) is 2.48. The van der Waals surface area contributed by atoms with Crippen LogP contribution in [0.5, 0.6) is 0 Å². The highest BCUT2D eigenvalue weighted by atomic mass is 35.5. The first-order valence-electron chi connectivity index (χ1n) is 6.20. The van der Waals surface area contributed by atoms with Crippen molar-refractivity contribution in [2.24, 2.45) is 0 Å². The first-order chi connectivity index (χ1) is 10.7. The fourth-order valence-corrected chi connectivity index (χ4v) is 5.70. The Morgan fingerprint density at radius 3 is 1.30 bits per heavy atom. The van der Waals surface area contributed by atoms with Crippen molar-refractivity contribution in [2.45, 2.75) is 9.79 Å². The zero-order valence-corrected chi connectivity index (χ0v) is 14.8. The highest BCUT2D eigenvalue weighted by Crippen LogP contribution is 2.29. The van der Waals surface area contributed by atoms with Gasteiger partial charge < -0.3 is 5.73 Å². The molecule has 0 aromatic heterocycles. The number of benzene rings is 2. The second kappa shape index (κ2) is 6.62. The fraction of sp³-hybridized carbons (Fsp3) is 0. The van der Waals surface area contributed by atoms with E-state index in [4.69, 9.17) is 23.2 Å². The summed E-state index contributed by atoms with van der Waals surface area (Å²) in [7, 11) is -8.53. The lowest BCUT2D eigenvalue weighted by Gasteiger charge is -2.09. The van der Waals surface area contributed by atoms with E-state index in [2.05, 4.69) is 5.73 Å². The molecule has 0 amide bonds. The van der Waals surface area contributed by atoms with Crippen LogP contribution in [-0.4, -0.2) is 16.8 Å². The van der Waals surface area contributed by atoms with Gasteiger partial charge in [0.2, 0.25) is 23.9 Å². The lowest BCUT2D eigenvalue weighted by molar-refractivity contribution is -0.274. The molecule has 0 aliphatic rings. The topological polar surface area (TPSA) is 95.9 Å². The Bertz CT molecular complexity index is 871. The summed E-state index contributed by atoms with van der Waals surface area (Å²) in [4.78, 5) is -0.372. The van der Waals surface area contributed by atoms with Gasteiger partial charge in [-0.15, -0.1) is 0 Å². The molecule has 0 atom stereocenters. The third kappa shape index (κ3) is 3.59. The van der Waals surface area contributed by atoms with Crippen LogP contribution in [0, 0.1) is 0 Å². The van der Waals surface area contributed by atoms with E-state index in [1.54, 1.807) is 0 Å². The Hall–Kier alpha value is -1.38. The average molecular weight is 393 g/mol. The van der Waals surface area contributed by atoms with Crippen LogP contribution >= 0.6 is 23.2 Å². The molecule has 23 heavy (non-hydrogen) atoms. The van der Waals surface area contributed by atoms with Crippen LogP contribution < -0.4 is 5.73 Å². The summed E-state index contributed by atoms with van der Waals surface area (Å²) >= 11 is 11.4. The Morgan fingerprint density at radius 1 is 0.739 bits per heavy atom. The van der Waals surface area contributed by atoms with Crippen molar-refractivity contribution < 1.29 is 22.6 Å². The van der Waals surface area contributed by atoms with Crippen LogP contribution in [0.3, 0.4) is 0 Å². The van der Waals surface area contributed by atoms with Crippen molar-refractivity contribution in [2.75, 3.05) is 0 Å². The van der Waals surface area contributed by atoms with Crippen LogP contribution in [0.15, 0.2) is 68.8 Å². The Labute approximate surface area is 144 Å². The molecule has 122 valence electrons. The van der Waals surface area contributed by atoms with Gasteiger partial charge in [-0.3, -0.25) is 0 Å². The maximum Gasteiger partial charge on any atom is 0.223 e. The van der Waals surface area contributed by atoms with Crippen molar-refractivity contribution in [3.8, 4) is 0 Å². The predicted molar refractivity (Wildman–Crippen MR) is 88.2 cm³/mol. The van der Waals surface area contributed by atoms with Crippen LogP contribution in [0.25, 0.3) is 0 Å². The molecule has 0 aliphatic heterocycles. The van der Waals surface area contributed by atoms with Crippen molar-refractivity contribution >= 4 is 42.9 Å². The summed E-state index contributed by atoms with van der Waals surface area (Å²) in [5.41, 5.74) is 3.33. The summed E-state index contributed by atoms with van der Waals surface area (Å²) in [5.74, 6) is 0. The minimum absolute atomic E-state index is 0.186. The molecule has 0 unspecified atom stereocenters. The van der Waals surface area contributed by atoms with Crippen LogP contribution in [0.1, 0.15) is 0 Å². The molecule has 0 fully saturated rings. The highest BCUT2D eigenvalue weighted by Gasteiger charge is 2.34. The van der Waals surface area contributed by atoms with Crippen molar-refractivity contribution in [1.82, 2.24) is 0 Å². The largest absolute Gasteiger partial charge is 0.330 e. The molecule has 0 bridgehead atoms. The second-order valence-corrected chi connectivity index (χ2v) is 9.41. The van der Waals surface area contributed by atoms with E-state index in [-0.39, 0.29) is 9.79 Å². The van der Waals surface area contributed by atoms with E-state index in [9.17, 15) is 16.8 Å². The van der Waals surface area contributed by atoms with Gasteiger partial charge in [0.1, 0.15) is 6.20 Å². The van der Waals surface area contributed by atoms with Gasteiger partial charge in [0.25, 0.3) is 0 Å². The van der Waals surface area contributed by atoms with Gasteiger partial charge in [-0.2, -0.15) is 0 Å². The van der Waals surface area contributed by atoms with Crippen LogP contribution in [-0.2, 0) is 19.7 Å². The molecule has 0 saturated heterocycles. The van der Waals surface area contributed by atoms with Crippen molar-refractivity contribution in [3.05, 3.63) is 69.0 Å². The fourth-order valence-electron chi connectivity index (χ4n) is 1.82. The van der Waals surface area contributed by atoms with E-state index >= 15 is 0 Å². The SMILES string of the molecule is [NH3+]C=C(S(=O)(=O)c1ccc(Cl)cc1)S(=O)(=O)c1ccc(Cl)cc1. The molecule has 0 spiro atoms. The molecule has 3 N–H and O–H groups in total. The standard InChI is InChI=1S/C14H11Cl2NO4S2/c15-10-1-5-12(6-2-10)22(18,19)14(9-17)23(20,21)13-7-3-11(16)4-8-13/h1-9H,17H2/p+1. The first kappa shape index (κ1) is 18.0. The normalized spacial score (nSPS) is 12.0. The predicted octanol–water partition coefficient (Wildman–Crippen LogP) is 2.28. The van der Waals surface area contributed by atoms with E-state index in [1.165, 1.54) is 48.5 Å². The molecular formula is C14H12Cl2NO4S2+. The number of halogens is 2. The third-order valence-electron chi connectivity index (χ3n) is 2.94. The molecule has 2 aromatic rings. The van der Waals surface area contributed by atoms with Gasteiger partial charge >= 0.3 is 0 Å². The van der Waals surface area contributed by atoms with Gasteiger partial charge in [0.15, 0.2) is 0 Å². The third-order valence-corrected chi connectivity index (χ3v) is 7.94. The van der Waals surface area contributed by atoms with E-state index in [0.29, 0.717) is 10.0 Å². The van der Waals surface area contributed by atoms with Crippen LogP contribution in [0.4, 0.5) is 0 Å². The molecule has 0 radical (unpaired) electrons. The van der Waals surface area contributed by atoms with Crippen molar-refractivity contribution in [1.29, 1.82) is 0 Å². The molecule has 0 aliphatic carbocycles. The Morgan fingerprint density at radius 2 is 1.04 bits per heavy atom. The van der Waals surface area contributed by atoms with Gasteiger partial charge in [-0.1, -0.05) is 23.2 Å². The maximum atomic E-state index is 12.6. The summed E-state index contributed by atoms with van der Waals surface area (Å²) < 4.78 is 49.6. The Balaban J connectivity index is 2.59. The smallest absolute Gasteiger partial charge is 0.223 e. The highest BCUT2D eigenvalue weighted by molar-refractivity contribution is 8.14. The molecule has 0 saturated carbocycles.